The van der Waals surface area contributed by atoms with Gasteiger partial charge in [0.1, 0.15) is 0 Å². The van der Waals surface area contributed by atoms with Gasteiger partial charge < -0.3 is 5.73 Å². The van der Waals surface area contributed by atoms with Crippen molar-refractivity contribution in [3.05, 3.63) is 0 Å². The third-order valence-corrected chi connectivity index (χ3v) is 3.38. The molecule has 0 amide bonds. The van der Waals surface area contributed by atoms with Crippen molar-refractivity contribution in [1.29, 1.82) is 0 Å². The molecule has 2 nitrogen and oxygen atoms in total. The lowest BCUT2D eigenvalue weighted by Crippen LogP contribution is -2.53. The van der Waals surface area contributed by atoms with Gasteiger partial charge in [0.15, 0.2) is 0 Å². The third kappa shape index (κ3) is 2.44. The van der Waals surface area contributed by atoms with Crippen molar-refractivity contribution in [2.24, 2.45) is 5.73 Å². The zero-order valence-corrected chi connectivity index (χ0v) is 9.34. The molecule has 0 aromatic carbocycles. The molecule has 78 valence electrons. The fraction of sp³-hybridized carbons (Fsp3) is 1.00. The fourth-order valence-corrected chi connectivity index (χ4v) is 2.51. The lowest BCUT2D eigenvalue weighted by molar-refractivity contribution is 0.0833. The minimum Gasteiger partial charge on any atom is -0.329 e. The highest BCUT2D eigenvalue weighted by Crippen LogP contribution is 2.28. The van der Waals surface area contributed by atoms with Crippen LogP contribution in [0.1, 0.15) is 46.5 Å². The van der Waals surface area contributed by atoms with Crippen LogP contribution in [0.3, 0.4) is 0 Å². The van der Waals surface area contributed by atoms with E-state index in [1.165, 1.54) is 25.7 Å². The topological polar surface area (TPSA) is 29.3 Å². The summed E-state index contributed by atoms with van der Waals surface area (Å²) < 4.78 is 0. The number of hydrogen-bond acceptors (Lipinski definition) is 2. The molecule has 1 aliphatic rings. The van der Waals surface area contributed by atoms with Crippen LogP contribution in [0.2, 0.25) is 0 Å². The van der Waals surface area contributed by atoms with E-state index in [1.54, 1.807) is 0 Å². The van der Waals surface area contributed by atoms with Gasteiger partial charge in [-0.3, -0.25) is 4.90 Å². The molecule has 2 heteroatoms. The van der Waals surface area contributed by atoms with Gasteiger partial charge in [-0.25, -0.2) is 0 Å². The number of rotatable bonds is 4. The monoisotopic (exact) mass is 184 g/mol. The van der Waals surface area contributed by atoms with E-state index in [0.29, 0.717) is 0 Å². The Kier molecular flexibility index (Phi) is 3.74. The molecular weight excluding hydrogens is 160 g/mol. The Balaban J connectivity index is 2.59. The smallest absolute Gasteiger partial charge is 0.0278 e. The second-order valence-electron chi connectivity index (χ2n) is 4.74. The van der Waals surface area contributed by atoms with Crippen LogP contribution in [-0.2, 0) is 0 Å². The third-order valence-electron chi connectivity index (χ3n) is 3.38. The van der Waals surface area contributed by atoms with Crippen LogP contribution in [0.5, 0.6) is 0 Å². The fourth-order valence-electron chi connectivity index (χ4n) is 2.51. The maximum atomic E-state index is 5.81. The van der Waals surface area contributed by atoms with E-state index >= 15 is 0 Å². The highest BCUT2D eigenvalue weighted by atomic mass is 15.2. The summed E-state index contributed by atoms with van der Waals surface area (Å²) in [6.07, 6.45) is 5.55. The van der Waals surface area contributed by atoms with Crippen LogP contribution in [0, 0.1) is 0 Å². The normalized spacial score (nSPS) is 20.1. The molecule has 2 N–H and O–H groups in total. The van der Waals surface area contributed by atoms with E-state index in [-0.39, 0.29) is 5.54 Å². The van der Waals surface area contributed by atoms with Crippen molar-refractivity contribution in [2.45, 2.75) is 58.0 Å². The Labute approximate surface area is 82.5 Å². The van der Waals surface area contributed by atoms with Crippen LogP contribution in [0.15, 0.2) is 0 Å². The van der Waals surface area contributed by atoms with Crippen molar-refractivity contribution < 1.29 is 0 Å². The summed E-state index contributed by atoms with van der Waals surface area (Å²) in [6.45, 7) is 8.66. The van der Waals surface area contributed by atoms with E-state index in [9.17, 15) is 0 Å². The molecule has 0 aliphatic heterocycles. The van der Waals surface area contributed by atoms with Crippen molar-refractivity contribution in [3.8, 4) is 0 Å². The molecule has 13 heavy (non-hydrogen) atoms. The van der Waals surface area contributed by atoms with E-state index < -0.39 is 0 Å². The maximum absolute atomic E-state index is 5.81. The first kappa shape index (κ1) is 11.0. The summed E-state index contributed by atoms with van der Waals surface area (Å²) in [6, 6.07) is 0.795. The standard InChI is InChI=1S/C11H24N2/c1-4-13(11(2,3)9-12)10-7-5-6-8-10/h10H,4-9,12H2,1-3H3. The number of hydrogen-bond donors (Lipinski definition) is 1. The Bertz CT molecular complexity index is 148. The zero-order valence-electron chi connectivity index (χ0n) is 9.34. The van der Waals surface area contributed by atoms with Crippen LogP contribution in [-0.4, -0.2) is 29.6 Å². The van der Waals surface area contributed by atoms with Crippen molar-refractivity contribution >= 4 is 0 Å². The summed E-state index contributed by atoms with van der Waals surface area (Å²) in [5.41, 5.74) is 5.99. The highest BCUT2D eigenvalue weighted by molar-refractivity contribution is 4.88. The summed E-state index contributed by atoms with van der Waals surface area (Å²) in [7, 11) is 0. The first-order valence-corrected chi connectivity index (χ1v) is 5.58. The molecule has 0 unspecified atom stereocenters. The van der Waals surface area contributed by atoms with Gasteiger partial charge in [-0.05, 0) is 33.2 Å². The molecule has 0 spiro atoms. The molecule has 0 aromatic rings. The Hall–Kier alpha value is -0.0800. The average Bonchev–Trinajstić information content (AvgIpc) is 2.58. The van der Waals surface area contributed by atoms with Crippen molar-refractivity contribution in [1.82, 2.24) is 4.90 Å². The number of nitrogens with zero attached hydrogens (tertiary/aromatic N) is 1. The Morgan fingerprint density at radius 2 is 1.85 bits per heavy atom. The van der Waals surface area contributed by atoms with Gasteiger partial charge in [-0.15, -0.1) is 0 Å². The van der Waals surface area contributed by atoms with Gasteiger partial charge in [-0.1, -0.05) is 19.8 Å². The van der Waals surface area contributed by atoms with Crippen molar-refractivity contribution in [3.63, 3.8) is 0 Å². The summed E-state index contributed by atoms with van der Waals surface area (Å²) in [5.74, 6) is 0. The number of likely N-dealkylation sites (N-methyl/N-ethyl adjacent to an activating group) is 1. The highest BCUT2D eigenvalue weighted by Gasteiger charge is 2.31. The van der Waals surface area contributed by atoms with Gasteiger partial charge in [0.05, 0.1) is 0 Å². The molecule has 0 aromatic heterocycles. The van der Waals surface area contributed by atoms with E-state index in [2.05, 4.69) is 25.7 Å². The Morgan fingerprint density at radius 1 is 1.31 bits per heavy atom. The molecule has 0 bridgehead atoms. The quantitative estimate of drug-likeness (QED) is 0.724. The molecule has 0 radical (unpaired) electrons. The predicted molar refractivity (Wildman–Crippen MR) is 57.8 cm³/mol. The van der Waals surface area contributed by atoms with Crippen LogP contribution in [0.4, 0.5) is 0 Å². The largest absolute Gasteiger partial charge is 0.329 e. The molecule has 1 aliphatic carbocycles. The zero-order chi connectivity index (χ0) is 9.90. The van der Waals surface area contributed by atoms with E-state index in [0.717, 1.165) is 19.1 Å². The minimum atomic E-state index is 0.184. The predicted octanol–water partition coefficient (Wildman–Crippen LogP) is 1.99. The van der Waals surface area contributed by atoms with Gasteiger partial charge in [-0.2, -0.15) is 0 Å². The van der Waals surface area contributed by atoms with Crippen LogP contribution in [0.25, 0.3) is 0 Å². The van der Waals surface area contributed by atoms with Crippen LogP contribution < -0.4 is 5.73 Å². The molecule has 0 heterocycles. The van der Waals surface area contributed by atoms with Crippen molar-refractivity contribution in [2.75, 3.05) is 13.1 Å². The first-order chi connectivity index (χ1) is 6.11. The summed E-state index contributed by atoms with van der Waals surface area (Å²) in [5, 5.41) is 0. The second kappa shape index (κ2) is 4.43. The van der Waals surface area contributed by atoms with Gasteiger partial charge >= 0.3 is 0 Å². The van der Waals surface area contributed by atoms with E-state index in [1.807, 2.05) is 0 Å². The SMILES string of the molecule is CCN(C1CCCC1)C(C)(C)CN. The molecule has 0 atom stereocenters. The van der Waals surface area contributed by atoms with E-state index in [4.69, 9.17) is 5.73 Å². The molecule has 1 fully saturated rings. The Morgan fingerprint density at radius 3 is 2.23 bits per heavy atom. The minimum absolute atomic E-state index is 0.184. The van der Waals surface area contributed by atoms with Gasteiger partial charge in [0.2, 0.25) is 0 Å². The summed E-state index contributed by atoms with van der Waals surface area (Å²) >= 11 is 0. The number of nitrogens with two attached hydrogens (primary N) is 1. The molecule has 0 saturated heterocycles. The van der Waals surface area contributed by atoms with Gasteiger partial charge in [0, 0.05) is 18.1 Å². The first-order valence-electron chi connectivity index (χ1n) is 5.58. The molecule has 1 rings (SSSR count). The lowest BCUT2D eigenvalue weighted by Gasteiger charge is -2.41. The summed E-state index contributed by atoms with van der Waals surface area (Å²) in [4.78, 5) is 2.58. The lowest BCUT2D eigenvalue weighted by atomic mass is 9.99. The molecule has 1 saturated carbocycles. The maximum Gasteiger partial charge on any atom is 0.0278 e. The second-order valence-corrected chi connectivity index (χ2v) is 4.74. The average molecular weight is 184 g/mol. The molecular formula is C11H24N2. The van der Waals surface area contributed by atoms with Crippen LogP contribution >= 0.6 is 0 Å². The van der Waals surface area contributed by atoms with Gasteiger partial charge in [0.25, 0.3) is 0 Å².